The summed E-state index contributed by atoms with van der Waals surface area (Å²) < 4.78 is 32.1. The molecule has 0 fully saturated rings. The lowest BCUT2D eigenvalue weighted by atomic mass is 9.87. The molecule has 0 saturated heterocycles. The highest BCUT2D eigenvalue weighted by molar-refractivity contribution is 5.40. The monoisotopic (exact) mass is 264 g/mol. The Morgan fingerprint density at radius 2 is 1.79 bits per heavy atom. The van der Waals surface area contributed by atoms with Gasteiger partial charge in [-0.2, -0.15) is 0 Å². The molecule has 0 radical (unpaired) electrons. The quantitative estimate of drug-likeness (QED) is 0.922. The summed E-state index contributed by atoms with van der Waals surface area (Å²) in [5.41, 5.74) is -1.32. The summed E-state index contributed by atoms with van der Waals surface area (Å²) in [7, 11) is 1.50. The Labute approximate surface area is 110 Å². The topological polar surface area (TPSA) is 29.5 Å². The van der Waals surface area contributed by atoms with Gasteiger partial charge in [0.2, 0.25) is 0 Å². The van der Waals surface area contributed by atoms with Crippen LogP contribution in [-0.2, 0) is 5.60 Å². The van der Waals surface area contributed by atoms with E-state index in [-0.39, 0.29) is 5.56 Å². The van der Waals surface area contributed by atoms with Crippen molar-refractivity contribution in [2.24, 2.45) is 0 Å². The maximum atomic E-state index is 13.8. The van der Waals surface area contributed by atoms with Gasteiger partial charge >= 0.3 is 0 Å². The van der Waals surface area contributed by atoms with E-state index in [9.17, 15) is 13.9 Å². The standard InChI is InChI=1S/C15H14F2O2/c1-15(18,10-5-3-6-11(9-10)19-2)12-7-4-8-13(16)14(12)17/h3-9,18H,1-2H3. The highest BCUT2D eigenvalue weighted by Gasteiger charge is 2.30. The summed E-state index contributed by atoms with van der Waals surface area (Å²) >= 11 is 0. The molecule has 0 aromatic heterocycles. The van der Waals surface area contributed by atoms with Crippen molar-refractivity contribution in [2.75, 3.05) is 7.11 Å². The molecule has 4 heteroatoms. The Bertz CT molecular complexity index is 594. The van der Waals surface area contributed by atoms with Gasteiger partial charge in [0.05, 0.1) is 7.11 Å². The summed E-state index contributed by atoms with van der Waals surface area (Å²) in [5, 5.41) is 10.5. The van der Waals surface area contributed by atoms with Crippen molar-refractivity contribution in [1.82, 2.24) is 0 Å². The van der Waals surface area contributed by atoms with Gasteiger partial charge in [0.15, 0.2) is 11.6 Å². The molecule has 0 heterocycles. The summed E-state index contributed by atoms with van der Waals surface area (Å²) in [6, 6.07) is 10.3. The van der Waals surface area contributed by atoms with Gasteiger partial charge in [-0.3, -0.25) is 0 Å². The zero-order valence-electron chi connectivity index (χ0n) is 10.7. The highest BCUT2D eigenvalue weighted by Crippen LogP contribution is 2.33. The smallest absolute Gasteiger partial charge is 0.165 e. The van der Waals surface area contributed by atoms with E-state index in [1.54, 1.807) is 24.3 Å². The zero-order valence-corrected chi connectivity index (χ0v) is 10.7. The van der Waals surface area contributed by atoms with Crippen LogP contribution in [0.25, 0.3) is 0 Å². The molecule has 2 aromatic rings. The minimum atomic E-state index is -1.64. The number of hydrogen-bond donors (Lipinski definition) is 1. The van der Waals surface area contributed by atoms with Gasteiger partial charge in [0, 0.05) is 5.56 Å². The van der Waals surface area contributed by atoms with Gasteiger partial charge in [-0.15, -0.1) is 0 Å². The molecule has 1 unspecified atom stereocenters. The molecule has 1 atom stereocenters. The second-order valence-corrected chi connectivity index (χ2v) is 4.41. The SMILES string of the molecule is COc1cccc(C(C)(O)c2cccc(F)c2F)c1. The summed E-state index contributed by atoms with van der Waals surface area (Å²) in [5.74, 6) is -1.49. The van der Waals surface area contributed by atoms with Gasteiger partial charge in [0.1, 0.15) is 11.4 Å². The van der Waals surface area contributed by atoms with E-state index < -0.39 is 17.2 Å². The lowest BCUT2D eigenvalue weighted by molar-refractivity contribution is 0.0967. The van der Waals surface area contributed by atoms with E-state index in [4.69, 9.17) is 4.74 Å². The van der Waals surface area contributed by atoms with Crippen LogP contribution >= 0.6 is 0 Å². The van der Waals surface area contributed by atoms with Crippen molar-refractivity contribution in [1.29, 1.82) is 0 Å². The predicted octanol–water partition coefficient (Wildman–Crippen LogP) is 3.23. The van der Waals surface area contributed by atoms with Crippen LogP contribution in [0.5, 0.6) is 5.75 Å². The average molecular weight is 264 g/mol. The molecular weight excluding hydrogens is 250 g/mol. The summed E-state index contributed by atoms with van der Waals surface area (Å²) in [4.78, 5) is 0. The van der Waals surface area contributed by atoms with Crippen molar-refractivity contribution in [3.63, 3.8) is 0 Å². The Balaban J connectivity index is 2.54. The molecule has 0 aliphatic heterocycles. The number of methoxy groups -OCH3 is 1. The lowest BCUT2D eigenvalue weighted by Crippen LogP contribution is -2.24. The van der Waals surface area contributed by atoms with E-state index in [1.165, 1.54) is 26.2 Å². The first kappa shape index (κ1) is 13.5. The third-order valence-corrected chi connectivity index (χ3v) is 3.11. The molecule has 0 saturated carbocycles. The van der Waals surface area contributed by atoms with Crippen LogP contribution in [0.2, 0.25) is 0 Å². The van der Waals surface area contributed by atoms with E-state index >= 15 is 0 Å². The first-order valence-electron chi connectivity index (χ1n) is 5.78. The Kier molecular flexibility index (Phi) is 3.53. The normalized spacial score (nSPS) is 13.9. The molecule has 0 spiro atoms. The first-order chi connectivity index (χ1) is 8.96. The number of rotatable bonds is 3. The number of aliphatic hydroxyl groups is 1. The molecule has 19 heavy (non-hydrogen) atoms. The Morgan fingerprint density at radius 3 is 2.47 bits per heavy atom. The van der Waals surface area contributed by atoms with Gasteiger partial charge < -0.3 is 9.84 Å². The fourth-order valence-corrected chi connectivity index (χ4v) is 1.96. The highest BCUT2D eigenvalue weighted by atomic mass is 19.2. The van der Waals surface area contributed by atoms with Crippen LogP contribution in [-0.4, -0.2) is 12.2 Å². The predicted molar refractivity (Wildman–Crippen MR) is 68.0 cm³/mol. The van der Waals surface area contributed by atoms with E-state index in [0.717, 1.165) is 6.07 Å². The van der Waals surface area contributed by atoms with Crippen LogP contribution in [0.3, 0.4) is 0 Å². The second-order valence-electron chi connectivity index (χ2n) is 4.41. The Hall–Kier alpha value is -1.94. The van der Waals surface area contributed by atoms with Gasteiger partial charge in [0.25, 0.3) is 0 Å². The van der Waals surface area contributed by atoms with Crippen molar-refractivity contribution in [2.45, 2.75) is 12.5 Å². The number of ether oxygens (including phenoxy) is 1. The largest absolute Gasteiger partial charge is 0.497 e. The van der Waals surface area contributed by atoms with Crippen LogP contribution < -0.4 is 4.74 Å². The fraction of sp³-hybridized carbons (Fsp3) is 0.200. The number of benzene rings is 2. The molecule has 0 bridgehead atoms. The summed E-state index contributed by atoms with van der Waals surface area (Å²) in [6.45, 7) is 1.42. The molecule has 1 N–H and O–H groups in total. The zero-order chi connectivity index (χ0) is 14.0. The van der Waals surface area contributed by atoms with Crippen molar-refractivity contribution in [3.8, 4) is 5.75 Å². The van der Waals surface area contributed by atoms with E-state index in [0.29, 0.717) is 11.3 Å². The minimum absolute atomic E-state index is 0.110. The maximum absolute atomic E-state index is 13.8. The van der Waals surface area contributed by atoms with Crippen LogP contribution in [0.1, 0.15) is 18.1 Å². The van der Waals surface area contributed by atoms with E-state index in [2.05, 4.69) is 0 Å². The van der Waals surface area contributed by atoms with Crippen molar-refractivity contribution >= 4 is 0 Å². The van der Waals surface area contributed by atoms with Crippen molar-refractivity contribution < 1.29 is 18.6 Å². The van der Waals surface area contributed by atoms with Gasteiger partial charge in [-0.1, -0.05) is 24.3 Å². The van der Waals surface area contributed by atoms with Crippen LogP contribution in [0.15, 0.2) is 42.5 Å². The maximum Gasteiger partial charge on any atom is 0.165 e. The third-order valence-electron chi connectivity index (χ3n) is 3.11. The van der Waals surface area contributed by atoms with Crippen molar-refractivity contribution in [3.05, 3.63) is 65.2 Å². The van der Waals surface area contributed by atoms with Gasteiger partial charge in [-0.25, -0.2) is 8.78 Å². The summed E-state index contributed by atoms with van der Waals surface area (Å²) in [6.07, 6.45) is 0. The fourth-order valence-electron chi connectivity index (χ4n) is 1.96. The van der Waals surface area contributed by atoms with Crippen LogP contribution in [0, 0.1) is 11.6 Å². The Morgan fingerprint density at radius 1 is 1.11 bits per heavy atom. The molecule has 2 nitrogen and oxygen atoms in total. The van der Waals surface area contributed by atoms with E-state index in [1.807, 2.05) is 0 Å². The number of hydrogen-bond acceptors (Lipinski definition) is 2. The first-order valence-corrected chi connectivity index (χ1v) is 5.78. The lowest BCUT2D eigenvalue weighted by Gasteiger charge is -2.25. The average Bonchev–Trinajstić information content (AvgIpc) is 2.41. The van der Waals surface area contributed by atoms with Gasteiger partial charge in [-0.05, 0) is 30.7 Å². The molecule has 2 rings (SSSR count). The molecule has 2 aromatic carbocycles. The third kappa shape index (κ3) is 2.44. The molecule has 0 aliphatic rings. The molecule has 100 valence electrons. The minimum Gasteiger partial charge on any atom is -0.497 e. The second kappa shape index (κ2) is 4.97. The van der Waals surface area contributed by atoms with Crippen LogP contribution in [0.4, 0.5) is 8.78 Å². The number of halogens is 2. The molecule has 0 aliphatic carbocycles. The molecular formula is C15H14F2O2. The molecule has 0 amide bonds.